The van der Waals surface area contributed by atoms with Crippen LogP contribution in [-0.4, -0.2) is 33.4 Å². The predicted molar refractivity (Wildman–Crippen MR) is 73.9 cm³/mol. The van der Waals surface area contributed by atoms with E-state index in [9.17, 15) is 0 Å². The van der Waals surface area contributed by atoms with Gasteiger partial charge in [0.15, 0.2) is 5.82 Å². The van der Waals surface area contributed by atoms with Crippen molar-refractivity contribution in [3.63, 3.8) is 0 Å². The third kappa shape index (κ3) is 3.02. The van der Waals surface area contributed by atoms with Gasteiger partial charge in [-0.1, -0.05) is 11.6 Å². The van der Waals surface area contributed by atoms with Crippen LogP contribution in [-0.2, 0) is 4.74 Å². The summed E-state index contributed by atoms with van der Waals surface area (Å²) in [5.41, 5.74) is 7.04. The third-order valence-electron chi connectivity index (χ3n) is 2.71. The number of nitrogens with two attached hydrogens (primary N) is 1. The average molecular weight is 282 g/mol. The van der Waals surface area contributed by atoms with Crippen LogP contribution in [0.15, 0.2) is 18.2 Å². The van der Waals surface area contributed by atoms with E-state index in [2.05, 4.69) is 15.5 Å². The Kier molecular flexibility index (Phi) is 4.34. The second-order valence-electron chi connectivity index (χ2n) is 4.19. The lowest BCUT2D eigenvalue weighted by atomic mass is 10.2. The highest BCUT2D eigenvalue weighted by atomic mass is 35.5. The Morgan fingerprint density at radius 1 is 1.47 bits per heavy atom. The molecule has 1 unspecified atom stereocenters. The minimum absolute atomic E-state index is 0.0265. The first-order valence-electron chi connectivity index (χ1n) is 6.04. The molecule has 0 saturated carbocycles. The molecule has 0 radical (unpaired) electrons. The molecule has 2 rings (SSSR count). The van der Waals surface area contributed by atoms with Gasteiger partial charge in [-0.05, 0) is 42.5 Å². The summed E-state index contributed by atoms with van der Waals surface area (Å²) in [6.07, 6.45) is 0. The number of ether oxygens (including phenoxy) is 1. The summed E-state index contributed by atoms with van der Waals surface area (Å²) >= 11 is 6.18. The van der Waals surface area contributed by atoms with Gasteiger partial charge in [-0.2, -0.15) is 0 Å². The van der Waals surface area contributed by atoms with E-state index in [0.29, 0.717) is 29.7 Å². The highest BCUT2D eigenvalue weighted by Gasteiger charge is 2.17. The van der Waals surface area contributed by atoms with Gasteiger partial charge in [0.05, 0.1) is 17.7 Å². The summed E-state index contributed by atoms with van der Waals surface area (Å²) in [5.74, 6) is 0.609. The molecule has 0 aliphatic rings. The molecule has 0 aliphatic heterocycles. The molecule has 102 valence electrons. The van der Waals surface area contributed by atoms with Gasteiger partial charge in [0.25, 0.3) is 0 Å². The van der Waals surface area contributed by atoms with E-state index in [1.165, 1.54) is 0 Å². The lowest BCUT2D eigenvalue weighted by Crippen LogP contribution is -2.15. The van der Waals surface area contributed by atoms with E-state index >= 15 is 0 Å². The topological polar surface area (TPSA) is 78.8 Å². The van der Waals surface area contributed by atoms with Crippen LogP contribution in [0.2, 0.25) is 5.02 Å². The summed E-state index contributed by atoms with van der Waals surface area (Å²) in [5, 5.41) is 12.3. The minimum Gasteiger partial charge on any atom is -0.399 e. The molecule has 0 aliphatic carbocycles. The largest absolute Gasteiger partial charge is 0.399 e. The van der Waals surface area contributed by atoms with Crippen LogP contribution in [0.5, 0.6) is 0 Å². The molecule has 0 fully saturated rings. The number of hydrogen-bond donors (Lipinski definition) is 1. The number of anilines is 1. The molecular formula is C12H16ClN5O. The molecule has 7 heteroatoms. The molecule has 1 heterocycles. The number of halogens is 1. The van der Waals surface area contributed by atoms with Crippen LogP contribution in [0.1, 0.15) is 19.9 Å². The average Bonchev–Trinajstić information content (AvgIpc) is 2.85. The van der Waals surface area contributed by atoms with Crippen molar-refractivity contribution in [1.29, 1.82) is 0 Å². The fourth-order valence-corrected chi connectivity index (χ4v) is 2.01. The number of tetrazole rings is 1. The van der Waals surface area contributed by atoms with E-state index in [-0.39, 0.29) is 6.04 Å². The molecule has 0 spiro atoms. The number of nitrogens with zero attached hydrogens (tertiary/aromatic N) is 4. The summed E-state index contributed by atoms with van der Waals surface area (Å²) in [4.78, 5) is 0. The second-order valence-corrected chi connectivity index (χ2v) is 4.60. The van der Waals surface area contributed by atoms with Gasteiger partial charge in [-0.3, -0.25) is 0 Å². The van der Waals surface area contributed by atoms with Crippen LogP contribution >= 0.6 is 11.6 Å². The molecule has 0 amide bonds. The Balaban J connectivity index is 2.33. The summed E-state index contributed by atoms with van der Waals surface area (Å²) < 4.78 is 7.09. The van der Waals surface area contributed by atoms with Gasteiger partial charge in [0.2, 0.25) is 0 Å². The molecule has 1 aromatic heterocycles. The molecule has 2 aromatic rings. The van der Waals surface area contributed by atoms with Crippen LogP contribution < -0.4 is 5.73 Å². The van der Waals surface area contributed by atoms with E-state index in [1.807, 2.05) is 19.9 Å². The first kappa shape index (κ1) is 13.8. The normalized spacial score (nSPS) is 12.6. The third-order valence-corrected chi connectivity index (χ3v) is 3.02. The van der Waals surface area contributed by atoms with Crippen molar-refractivity contribution in [3.05, 3.63) is 23.2 Å². The minimum atomic E-state index is 0.0265. The molecule has 1 aromatic carbocycles. The van der Waals surface area contributed by atoms with Crippen molar-refractivity contribution in [2.45, 2.75) is 19.9 Å². The Bertz CT molecular complexity index is 557. The van der Waals surface area contributed by atoms with Crippen LogP contribution in [0.3, 0.4) is 0 Å². The fraction of sp³-hybridized carbons (Fsp3) is 0.417. The number of hydrogen-bond acceptors (Lipinski definition) is 5. The summed E-state index contributed by atoms with van der Waals surface area (Å²) in [7, 11) is 0. The van der Waals surface area contributed by atoms with Crippen LogP contribution in [0.25, 0.3) is 11.4 Å². The zero-order chi connectivity index (χ0) is 13.8. The zero-order valence-electron chi connectivity index (χ0n) is 10.9. The maximum absolute atomic E-state index is 6.18. The quantitative estimate of drug-likeness (QED) is 0.850. The van der Waals surface area contributed by atoms with E-state index in [1.54, 1.807) is 16.8 Å². The molecule has 0 saturated heterocycles. The predicted octanol–water partition coefficient (Wildman–Crippen LogP) is 2.17. The number of rotatable bonds is 5. The van der Waals surface area contributed by atoms with Crippen LogP contribution in [0.4, 0.5) is 5.69 Å². The summed E-state index contributed by atoms with van der Waals surface area (Å²) in [6.45, 7) is 5.14. The number of aromatic nitrogens is 4. The van der Waals surface area contributed by atoms with Gasteiger partial charge in [-0.15, -0.1) is 5.10 Å². The van der Waals surface area contributed by atoms with Crippen molar-refractivity contribution in [2.24, 2.45) is 0 Å². The van der Waals surface area contributed by atoms with E-state index in [4.69, 9.17) is 22.1 Å². The lowest BCUT2D eigenvalue weighted by Gasteiger charge is -2.13. The summed E-state index contributed by atoms with van der Waals surface area (Å²) in [6, 6.07) is 5.29. The van der Waals surface area contributed by atoms with Gasteiger partial charge < -0.3 is 10.5 Å². The molecule has 1 atom stereocenters. The zero-order valence-corrected chi connectivity index (χ0v) is 11.6. The highest BCUT2D eigenvalue weighted by molar-refractivity contribution is 6.33. The van der Waals surface area contributed by atoms with Crippen molar-refractivity contribution < 1.29 is 4.74 Å². The standard InChI is InChI=1S/C12H16ClN5O/c1-3-19-7-8(2)18-12(15-16-17-18)10-5-4-9(14)6-11(10)13/h4-6,8H,3,7,14H2,1-2H3. The van der Waals surface area contributed by atoms with E-state index in [0.717, 1.165) is 5.56 Å². The first-order valence-corrected chi connectivity index (χ1v) is 6.42. The molecule has 6 nitrogen and oxygen atoms in total. The van der Waals surface area contributed by atoms with Crippen molar-refractivity contribution >= 4 is 17.3 Å². The molecule has 19 heavy (non-hydrogen) atoms. The van der Waals surface area contributed by atoms with Crippen molar-refractivity contribution in [3.8, 4) is 11.4 Å². The second kappa shape index (κ2) is 5.99. The Morgan fingerprint density at radius 2 is 2.26 bits per heavy atom. The lowest BCUT2D eigenvalue weighted by molar-refractivity contribution is 0.115. The Hall–Kier alpha value is -1.66. The van der Waals surface area contributed by atoms with Gasteiger partial charge in [-0.25, -0.2) is 4.68 Å². The van der Waals surface area contributed by atoms with Crippen molar-refractivity contribution in [1.82, 2.24) is 20.2 Å². The molecular weight excluding hydrogens is 266 g/mol. The molecule has 2 N–H and O–H groups in total. The van der Waals surface area contributed by atoms with Crippen LogP contribution in [0, 0.1) is 0 Å². The van der Waals surface area contributed by atoms with Crippen molar-refractivity contribution in [2.75, 3.05) is 18.9 Å². The number of nitrogen functional groups attached to an aromatic ring is 1. The van der Waals surface area contributed by atoms with Gasteiger partial charge in [0.1, 0.15) is 0 Å². The Morgan fingerprint density at radius 3 is 2.95 bits per heavy atom. The van der Waals surface area contributed by atoms with Gasteiger partial charge >= 0.3 is 0 Å². The molecule has 0 bridgehead atoms. The highest BCUT2D eigenvalue weighted by Crippen LogP contribution is 2.28. The Labute approximate surface area is 116 Å². The monoisotopic (exact) mass is 281 g/mol. The smallest absolute Gasteiger partial charge is 0.183 e. The maximum Gasteiger partial charge on any atom is 0.183 e. The number of benzene rings is 1. The van der Waals surface area contributed by atoms with E-state index < -0.39 is 0 Å². The SMILES string of the molecule is CCOCC(C)n1nnnc1-c1ccc(N)cc1Cl. The fourth-order valence-electron chi connectivity index (χ4n) is 1.74. The first-order chi connectivity index (χ1) is 9.13. The maximum atomic E-state index is 6.18. The van der Waals surface area contributed by atoms with Gasteiger partial charge in [0, 0.05) is 17.9 Å².